The van der Waals surface area contributed by atoms with Crippen LogP contribution in [-0.4, -0.2) is 35.6 Å². The SMILES string of the molecule is CCNC(=NCc1ccc2c(c1)OCO2)NCCCn1nc(C)cc1C.I. The summed E-state index contributed by atoms with van der Waals surface area (Å²) in [7, 11) is 0. The first-order chi connectivity index (χ1) is 12.7. The van der Waals surface area contributed by atoms with Crippen LogP contribution in [0.4, 0.5) is 0 Å². The van der Waals surface area contributed by atoms with Gasteiger partial charge in [-0.2, -0.15) is 5.10 Å². The summed E-state index contributed by atoms with van der Waals surface area (Å²) in [5, 5.41) is 11.2. The second-order valence-corrected chi connectivity index (χ2v) is 6.31. The van der Waals surface area contributed by atoms with Gasteiger partial charge in [-0.15, -0.1) is 24.0 Å². The van der Waals surface area contributed by atoms with E-state index in [-0.39, 0.29) is 24.0 Å². The van der Waals surface area contributed by atoms with E-state index in [4.69, 9.17) is 9.47 Å². The lowest BCUT2D eigenvalue weighted by Crippen LogP contribution is -2.38. The number of ether oxygens (including phenoxy) is 2. The average Bonchev–Trinajstić information content (AvgIpc) is 3.21. The van der Waals surface area contributed by atoms with E-state index in [9.17, 15) is 0 Å². The van der Waals surface area contributed by atoms with Gasteiger partial charge in [-0.1, -0.05) is 6.07 Å². The summed E-state index contributed by atoms with van der Waals surface area (Å²) in [6.07, 6.45) is 0.983. The highest BCUT2D eigenvalue weighted by Crippen LogP contribution is 2.32. The molecule has 0 radical (unpaired) electrons. The molecule has 3 rings (SSSR count). The van der Waals surface area contributed by atoms with Crippen LogP contribution in [0.1, 0.15) is 30.3 Å². The van der Waals surface area contributed by atoms with Gasteiger partial charge in [0.05, 0.1) is 12.2 Å². The summed E-state index contributed by atoms with van der Waals surface area (Å²) in [6, 6.07) is 8.04. The molecule has 0 spiro atoms. The predicted molar refractivity (Wildman–Crippen MR) is 117 cm³/mol. The van der Waals surface area contributed by atoms with Crippen molar-refractivity contribution in [2.45, 2.75) is 40.3 Å². The van der Waals surface area contributed by atoms with Gasteiger partial charge < -0.3 is 20.1 Å². The molecular weight excluding hydrogens is 457 g/mol. The Morgan fingerprint density at radius 3 is 2.74 bits per heavy atom. The van der Waals surface area contributed by atoms with Gasteiger partial charge in [0, 0.05) is 25.3 Å². The Morgan fingerprint density at radius 2 is 2.00 bits per heavy atom. The molecule has 2 heterocycles. The highest BCUT2D eigenvalue weighted by molar-refractivity contribution is 14.0. The van der Waals surface area contributed by atoms with Crippen LogP contribution in [0.25, 0.3) is 0 Å². The molecule has 0 amide bonds. The van der Waals surface area contributed by atoms with Gasteiger partial charge in [-0.3, -0.25) is 4.68 Å². The third kappa shape index (κ3) is 6.02. The van der Waals surface area contributed by atoms with Gasteiger partial charge in [0.15, 0.2) is 17.5 Å². The Kier molecular flexibility index (Phi) is 8.21. The summed E-state index contributed by atoms with van der Waals surface area (Å²) in [6.45, 7) is 9.61. The molecule has 2 aromatic rings. The number of hydrogen-bond acceptors (Lipinski definition) is 4. The fourth-order valence-corrected chi connectivity index (χ4v) is 2.89. The quantitative estimate of drug-likeness (QED) is 0.273. The number of fused-ring (bicyclic) bond motifs is 1. The molecule has 148 valence electrons. The molecule has 27 heavy (non-hydrogen) atoms. The molecule has 7 nitrogen and oxygen atoms in total. The second kappa shape index (κ2) is 10.4. The molecule has 0 fully saturated rings. The number of benzene rings is 1. The summed E-state index contributed by atoms with van der Waals surface area (Å²) < 4.78 is 12.8. The monoisotopic (exact) mass is 485 g/mol. The highest BCUT2D eigenvalue weighted by Gasteiger charge is 2.12. The van der Waals surface area contributed by atoms with Crippen molar-refractivity contribution in [3.63, 3.8) is 0 Å². The molecule has 0 bridgehead atoms. The van der Waals surface area contributed by atoms with Crippen LogP contribution >= 0.6 is 24.0 Å². The van der Waals surface area contributed by atoms with E-state index in [1.807, 2.05) is 29.8 Å². The summed E-state index contributed by atoms with van der Waals surface area (Å²) >= 11 is 0. The first-order valence-electron chi connectivity index (χ1n) is 9.07. The van der Waals surface area contributed by atoms with Gasteiger partial charge in [-0.25, -0.2) is 4.99 Å². The zero-order chi connectivity index (χ0) is 18.4. The van der Waals surface area contributed by atoms with E-state index in [1.54, 1.807) is 0 Å². The van der Waals surface area contributed by atoms with Crippen LogP contribution in [0.5, 0.6) is 11.5 Å². The largest absolute Gasteiger partial charge is 0.454 e. The maximum absolute atomic E-state index is 5.42. The van der Waals surface area contributed by atoms with Crippen molar-refractivity contribution in [1.82, 2.24) is 20.4 Å². The molecule has 1 aromatic heterocycles. The third-order valence-corrected chi connectivity index (χ3v) is 4.14. The number of rotatable bonds is 7. The lowest BCUT2D eigenvalue weighted by Gasteiger charge is -2.12. The minimum Gasteiger partial charge on any atom is -0.454 e. The Bertz CT molecular complexity index is 775. The van der Waals surface area contributed by atoms with Gasteiger partial charge in [-0.05, 0) is 51.0 Å². The first-order valence-corrected chi connectivity index (χ1v) is 9.07. The van der Waals surface area contributed by atoms with E-state index >= 15 is 0 Å². The Balaban J connectivity index is 0.00000261. The molecule has 0 saturated carbocycles. The van der Waals surface area contributed by atoms with Crippen LogP contribution in [0.15, 0.2) is 29.3 Å². The minimum absolute atomic E-state index is 0. The Hall–Kier alpha value is -1.97. The molecule has 1 aromatic carbocycles. The lowest BCUT2D eigenvalue weighted by atomic mass is 10.2. The van der Waals surface area contributed by atoms with E-state index in [1.165, 1.54) is 5.69 Å². The van der Waals surface area contributed by atoms with E-state index in [0.717, 1.165) is 54.8 Å². The standard InChI is InChI=1S/C19H27N5O2.HI/c1-4-20-19(21-8-5-9-24-15(3)10-14(2)23-24)22-12-16-6-7-17-18(11-16)26-13-25-17;/h6-7,10-11H,4-5,8-9,12-13H2,1-3H3,(H2,20,21,22);1H. The van der Waals surface area contributed by atoms with Crippen molar-refractivity contribution in [2.75, 3.05) is 19.9 Å². The zero-order valence-electron chi connectivity index (χ0n) is 16.1. The van der Waals surface area contributed by atoms with Crippen molar-refractivity contribution in [2.24, 2.45) is 4.99 Å². The Morgan fingerprint density at radius 1 is 1.19 bits per heavy atom. The van der Waals surface area contributed by atoms with Crippen molar-refractivity contribution in [3.05, 3.63) is 41.2 Å². The van der Waals surface area contributed by atoms with Gasteiger partial charge >= 0.3 is 0 Å². The van der Waals surface area contributed by atoms with Crippen molar-refractivity contribution < 1.29 is 9.47 Å². The summed E-state index contributed by atoms with van der Waals surface area (Å²) in [5.74, 6) is 2.41. The van der Waals surface area contributed by atoms with Crippen LogP contribution in [0.2, 0.25) is 0 Å². The minimum atomic E-state index is 0. The molecular formula is C19H28IN5O2. The number of aryl methyl sites for hydroxylation is 3. The maximum Gasteiger partial charge on any atom is 0.231 e. The number of guanidine groups is 1. The van der Waals surface area contributed by atoms with Gasteiger partial charge in [0.1, 0.15) is 0 Å². The lowest BCUT2D eigenvalue weighted by molar-refractivity contribution is 0.174. The molecule has 0 aliphatic carbocycles. The topological polar surface area (TPSA) is 72.7 Å². The van der Waals surface area contributed by atoms with E-state index in [2.05, 4.69) is 40.6 Å². The van der Waals surface area contributed by atoms with Crippen molar-refractivity contribution in [3.8, 4) is 11.5 Å². The summed E-state index contributed by atoms with van der Waals surface area (Å²) in [4.78, 5) is 4.65. The smallest absolute Gasteiger partial charge is 0.231 e. The van der Waals surface area contributed by atoms with Crippen molar-refractivity contribution >= 4 is 29.9 Å². The normalized spacial score (nSPS) is 12.6. The molecule has 0 atom stereocenters. The number of nitrogens with one attached hydrogen (secondary N) is 2. The van der Waals surface area contributed by atoms with Crippen molar-refractivity contribution in [1.29, 1.82) is 0 Å². The fourth-order valence-electron chi connectivity index (χ4n) is 2.89. The number of hydrogen-bond donors (Lipinski definition) is 2. The summed E-state index contributed by atoms with van der Waals surface area (Å²) in [5.41, 5.74) is 3.36. The molecule has 1 aliphatic heterocycles. The average molecular weight is 485 g/mol. The second-order valence-electron chi connectivity index (χ2n) is 6.31. The number of nitrogens with zero attached hydrogens (tertiary/aromatic N) is 3. The van der Waals surface area contributed by atoms with E-state index in [0.29, 0.717) is 13.3 Å². The highest BCUT2D eigenvalue weighted by atomic mass is 127. The van der Waals surface area contributed by atoms with Crippen LogP contribution in [0.3, 0.4) is 0 Å². The fraction of sp³-hybridized carbons (Fsp3) is 0.474. The number of aromatic nitrogens is 2. The zero-order valence-corrected chi connectivity index (χ0v) is 18.4. The Labute approximate surface area is 177 Å². The van der Waals surface area contributed by atoms with Crippen LogP contribution in [0, 0.1) is 13.8 Å². The van der Waals surface area contributed by atoms with Gasteiger partial charge in [0.25, 0.3) is 0 Å². The first kappa shape index (κ1) is 21.3. The van der Waals surface area contributed by atoms with E-state index < -0.39 is 0 Å². The third-order valence-electron chi connectivity index (χ3n) is 4.14. The molecule has 0 unspecified atom stereocenters. The number of aliphatic imine (C=N–C) groups is 1. The predicted octanol–water partition coefficient (Wildman–Crippen LogP) is 2.99. The maximum atomic E-state index is 5.42. The molecule has 2 N–H and O–H groups in total. The molecule has 1 aliphatic rings. The van der Waals surface area contributed by atoms with Gasteiger partial charge in [0.2, 0.25) is 6.79 Å². The molecule has 8 heteroatoms. The molecule has 0 saturated heterocycles. The van der Waals surface area contributed by atoms with Crippen LogP contribution < -0.4 is 20.1 Å². The number of halogens is 1. The van der Waals surface area contributed by atoms with Crippen LogP contribution in [-0.2, 0) is 13.1 Å².